The molecule has 23 heavy (non-hydrogen) atoms. The average molecular weight is 318 g/mol. The minimum atomic E-state index is 0.465. The summed E-state index contributed by atoms with van der Waals surface area (Å²) < 4.78 is 6.25. The number of pyridine rings is 1. The summed E-state index contributed by atoms with van der Waals surface area (Å²) >= 11 is 5.24. The van der Waals surface area contributed by atoms with Crippen LogP contribution in [0.4, 0.5) is 0 Å². The molecule has 1 heterocycles. The van der Waals surface area contributed by atoms with E-state index in [1.807, 2.05) is 67.6 Å². The molecular weight excluding hydrogens is 304 g/mol. The number of H-pyrrole nitrogens is 1. The highest BCUT2D eigenvalue weighted by Gasteiger charge is 2.08. The Morgan fingerprint density at radius 3 is 2.30 bits per heavy atom. The van der Waals surface area contributed by atoms with Crippen molar-refractivity contribution in [3.63, 3.8) is 0 Å². The molecule has 112 valence electrons. The Labute approximate surface area is 139 Å². The molecule has 0 aliphatic heterocycles. The van der Waals surface area contributed by atoms with E-state index in [0.29, 0.717) is 10.2 Å². The van der Waals surface area contributed by atoms with Crippen LogP contribution in [0.5, 0.6) is 11.5 Å². The number of nitrogens with zero attached hydrogens (tertiary/aromatic N) is 1. The SMILES string of the molecule is Cc1cc(-c2ccc(Oc3ccccc3)cc2)c(C#N)c(=S)[nH]1. The molecule has 0 bridgehead atoms. The predicted molar refractivity (Wildman–Crippen MR) is 93.0 cm³/mol. The number of rotatable bonds is 3. The van der Waals surface area contributed by atoms with Crippen molar-refractivity contribution in [1.82, 2.24) is 4.98 Å². The zero-order valence-corrected chi connectivity index (χ0v) is 13.4. The van der Waals surface area contributed by atoms with Gasteiger partial charge in [0.2, 0.25) is 0 Å². The molecule has 3 rings (SSSR count). The van der Waals surface area contributed by atoms with Crippen molar-refractivity contribution in [3.05, 3.63) is 76.6 Å². The van der Waals surface area contributed by atoms with E-state index >= 15 is 0 Å². The van der Waals surface area contributed by atoms with Gasteiger partial charge in [0, 0.05) is 11.3 Å². The van der Waals surface area contributed by atoms with E-state index in [1.54, 1.807) is 0 Å². The number of benzene rings is 2. The van der Waals surface area contributed by atoms with Crippen molar-refractivity contribution >= 4 is 12.2 Å². The van der Waals surface area contributed by atoms with Crippen molar-refractivity contribution in [2.45, 2.75) is 6.92 Å². The van der Waals surface area contributed by atoms with Gasteiger partial charge in [0.25, 0.3) is 0 Å². The largest absolute Gasteiger partial charge is 0.457 e. The first kappa shape index (κ1) is 15.0. The molecule has 0 atom stereocenters. The summed E-state index contributed by atoms with van der Waals surface area (Å²) in [5, 5.41) is 9.34. The Bertz CT molecular complexity index is 922. The number of nitriles is 1. The van der Waals surface area contributed by atoms with Crippen LogP contribution >= 0.6 is 12.2 Å². The predicted octanol–water partition coefficient (Wildman–Crippen LogP) is 5.38. The van der Waals surface area contributed by atoms with Gasteiger partial charge in [-0.25, -0.2) is 0 Å². The van der Waals surface area contributed by atoms with Gasteiger partial charge in [0.15, 0.2) is 0 Å². The molecule has 0 fully saturated rings. The van der Waals surface area contributed by atoms with Gasteiger partial charge in [0.05, 0.1) is 5.56 Å². The Kier molecular flexibility index (Phi) is 4.22. The molecule has 0 amide bonds. The quantitative estimate of drug-likeness (QED) is 0.659. The Morgan fingerprint density at radius 2 is 1.65 bits per heavy atom. The lowest BCUT2D eigenvalue weighted by Gasteiger charge is -2.09. The molecular formula is C19H14N2OS. The fraction of sp³-hybridized carbons (Fsp3) is 0.0526. The van der Waals surface area contributed by atoms with Crippen molar-refractivity contribution in [1.29, 1.82) is 5.26 Å². The third kappa shape index (κ3) is 3.31. The highest BCUT2D eigenvalue weighted by molar-refractivity contribution is 7.71. The van der Waals surface area contributed by atoms with E-state index in [2.05, 4.69) is 11.1 Å². The number of aromatic amines is 1. The van der Waals surface area contributed by atoms with Crippen LogP contribution in [0.2, 0.25) is 0 Å². The van der Waals surface area contributed by atoms with Gasteiger partial charge in [-0.15, -0.1) is 0 Å². The molecule has 3 nitrogen and oxygen atoms in total. The van der Waals surface area contributed by atoms with Crippen LogP contribution < -0.4 is 4.74 Å². The van der Waals surface area contributed by atoms with Crippen LogP contribution in [0.3, 0.4) is 0 Å². The first-order chi connectivity index (χ1) is 11.2. The fourth-order valence-electron chi connectivity index (χ4n) is 2.35. The van der Waals surface area contributed by atoms with Crippen molar-refractivity contribution < 1.29 is 4.74 Å². The number of hydrogen-bond donors (Lipinski definition) is 1. The molecule has 0 saturated heterocycles. The zero-order chi connectivity index (χ0) is 16.2. The van der Waals surface area contributed by atoms with E-state index in [9.17, 15) is 5.26 Å². The number of nitrogens with one attached hydrogen (secondary N) is 1. The van der Waals surface area contributed by atoms with Crippen LogP contribution in [0.25, 0.3) is 11.1 Å². The van der Waals surface area contributed by atoms with Crippen molar-refractivity contribution in [2.24, 2.45) is 0 Å². The number of hydrogen-bond acceptors (Lipinski definition) is 3. The molecule has 0 saturated carbocycles. The minimum Gasteiger partial charge on any atom is -0.457 e. The molecule has 0 aliphatic rings. The number of ether oxygens (including phenoxy) is 1. The first-order valence-electron chi connectivity index (χ1n) is 7.15. The van der Waals surface area contributed by atoms with Gasteiger partial charge < -0.3 is 9.72 Å². The van der Waals surface area contributed by atoms with E-state index in [-0.39, 0.29) is 0 Å². The van der Waals surface area contributed by atoms with Crippen LogP contribution in [-0.4, -0.2) is 4.98 Å². The molecule has 0 aliphatic carbocycles. The highest BCUT2D eigenvalue weighted by atomic mass is 32.1. The van der Waals surface area contributed by atoms with E-state index < -0.39 is 0 Å². The van der Waals surface area contributed by atoms with Crippen molar-refractivity contribution in [2.75, 3.05) is 0 Å². The molecule has 0 radical (unpaired) electrons. The Hall–Kier alpha value is -2.90. The summed E-state index contributed by atoms with van der Waals surface area (Å²) in [4.78, 5) is 3.01. The second-order valence-electron chi connectivity index (χ2n) is 5.12. The summed E-state index contributed by atoms with van der Waals surface area (Å²) in [6.07, 6.45) is 0. The smallest absolute Gasteiger partial charge is 0.127 e. The van der Waals surface area contributed by atoms with Gasteiger partial charge in [-0.3, -0.25) is 0 Å². The van der Waals surface area contributed by atoms with Crippen LogP contribution in [0.1, 0.15) is 11.3 Å². The molecule has 1 N–H and O–H groups in total. The number of aromatic nitrogens is 1. The molecule has 4 heteroatoms. The highest BCUT2D eigenvalue weighted by Crippen LogP contribution is 2.28. The molecule has 3 aromatic rings. The van der Waals surface area contributed by atoms with Gasteiger partial charge in [-0.1, -0.05) is 42.5 Å². The molecule has 0 unspecified atom stereocenters. The van der Waals surface area contributed by atoms with Crippen molar-refractivity contribution in [3.8, 4) is 28.7 Å². The zero-order valence-electron chi connectivity index (χ0n) is 12.5. The lowest BCUT2D eigenvalue weighted by molar-refractivity contribution is 0.483. The third-order valence-electron chi connectivity index (χ3n) is 3.42. The van der Waals surface area contributed by atoms with Crippen LogP contribution in [0, 0.1) is 22.9 Å². The van der Waals surface area contributed by atoms with Crippen LogP contribution in [-0.2, 0) is 0 Å². The Balaban J connectivity index is 1.95. The van der Waals surface area contributed by atoms with Crippen LogP contribution in [0.15, 0.2) is 60.7 Å². The summed E-state index contributed by atoms with van der Waals surface area (Å²) in [7, 11) is 0. The standard InChI is InChI=1S/C19H14N2OS/c1-13-11-17(18(12-20)19(23)21-13)14-7-9-16(10-8-14)22-15-5-3-2-4-6-15/h2-11H,1H3,(H,21,23). The third-order valence-corrected chi connectivity index (χ3v) is 3.73. The maximum absolute atomic E-state index is 9.34. The maximum atomic E-state index is 9.34. The lowest BCUT2D eigenvalue weighted by Crippen LogP contribution is -1.92. The molecule has 2 aromatic carbocycles. The second-order valence-corrected chi connectivity index (χ2v) is 5.53. The lowest BCUT2D eigenvalue weighted by atomic mass is 10.0. The van der Waals surface area contributed by atoms with Gasteiger partial charge in [-0.05, 0) is 42.8 Å². The molecule has 0 spiro atoms. The summed E-state index contributed by atoms with van der Waals surface area (Å²) in [5.74, 6) is 1.53. The van der Waals surface area contributed by atoms with E-state index in [4.69, 9.17) is 17.0 Å². The van der Waals surface area contributed by atoms with Gasteiger partial charge >= 0.3 is 0 Å². The fourth-order valence-corrected chi connectivity index (χ4v) is 2.67. The Morgan fingerprint density at radius 1 is 1.00 bits per heavy atom. The van der Waals surface area contributed by atoms with Gasteiger partial charge in [-0.2, -0.15) is 5.26 Å². The summed E-state index contributed by atoms with van der Waals surface area (Å²) in [5.41, 5.74) is 3.18. The normalized spacial score (nSPS) is 10.1. The second kappa shape index (κ2) is 6.47. The maximum Gasteiger partial charge on any atom is 0.127 e. The van der Waals surface area contributed by atoms with E-state index in [0.717, 1.165) is 28.3 Å². The monoisotopic (exact) mass is 318 g/mol. The number of para-hydroxylation sites is 1. The summed E-state index contributed by atoms with van der Waals surface area (Å²) in [6.45, 7) is 1.92. The summed E-state index contributed by atoms with van der Waals surface area (Å²) in [6, 6.07) is 21.4. The molecule has 1 aromatic heterocycles. The minimum absolute atomic E-state index is 0.465. The average Bonchev–Trinajstić information content (AvgIpc) is 2.56. The topological polar surface area (TPSA) is 48.8 Å². The van der Waals surface area contributed by atoms with Gasteiger partial charge in [0.1, 0.15) is 22.2 Å². The first-order valence-corrected chi connectivity index (χ1v) is 7.55. The number of aryl methyl sites for hydroxylation is 1. The van der Waals surface area contributed by atoms with E-state index in [1.165, 1.54) is 0 Å².